The highest BCUT2D eigenvalue weighted by atomic mass is 79.9. The van der Waals surface area contributed by atoms with Gasteiger partial charge in [-0.2, -0.15) is 5.10 Å². The molecule has 0 atom stereocenters. The van der Waals surface area contributed by atoms with Crippen molar-refractivity contribution in [3.63, 3.8) is 0 Å². The molecule has 94 valence electrons. The number of aromatic nitrogens is 2. The van der Waals surface area contributed by atoms with Crippen LogP contribution in [0.3, 0.4) is 0 Å². The van der Waals surface area contributed by atoms with Crippen LogP contribution in [-0.2, 0) is 0 Å². The van der Waals surface area contributed by atoms with Gasteiger partial charge in [-0.1, -0.05) is 0 Å². The third-order valence-corrected chi connectivity index (χ3v) is 3.22. The summed E-state index contributed by atoms with van der Waals surface area (Å²) in [6.45, 7) is 0. The summed E-state index contributed by atoms with van der Waals surface area (Å²) in [5, 5.41) is 4.14. The lowest BCUT2D eigenvalue weighted by Gasteiger charge is -2.04. The van der Waals surface area contributed by atoms with E-state index in [1.54, 1.807) is 12.1 Å². The lowest BCUT2D eigenvalue weighted by Crippen LogP contribution is -2.25. The van der Waals surface area contributed by atoms with Gasteiger partial charge in [0.15, 0.2) is 11.5 Å². The van der Waals surface area contributed by atoms with Crippen molar-refractivity contribution in [2.45, 2.75) is 6.29 Å². The molecular formula is C10H4Br2F2N2O2. The molecule has 3 rings (SSSR count). The first-order chi connectivity index (χ1) is 8.44. The third-order valence-electron chi connectivity index (χ3n) is 2.27. The zero-order valence-electron chi connectivity index (χ0n) is 8.53. The number of benzene rings is 1. The predicted octanol–water partition coefficient (Wildman–Crippen LogP) is 3.72. The van der Waals surface area contributed by atoms with Crippen LogP contribution in [0.2, 0.25) is 0 Å². The summed E-state index contributed by atoms with van der Waals surface area (Å²) in [4.78, 5) is 0. The van der Waals surface area contributed by atoms with Crippen LogP contribution < -0.4 is 9.47 Å². The molecule has 1 aromatic carbocycles. The Morgan fingerprint density at radius 1 is 1.11 bits per heavy atom. The second-order valence-electron chi connectivity index (χ2n) is 3.50. The minimum absolute atomic E-state index is 0.00564. The van der Waals surface area contributed by atoms with Crippen molar-refractivity contribution in [3.05, 3.63) is 33.5 Å². The van der Waals surface area contributed by atoms with E-state index in [0.29, 0.717) is 14.9 Å². The molecule has 0 aliphatic carbocycles. The molecule has 1 aliphatic rings. The van der Waals surface area contributed by atoms with E-state index in [4.69, 9.17) is 0 Å². The van der Waals surface area contributed by atoms with Crippen LogP contribution in [0.15, 0.2) is 33.5 Å². The molecule has 0 saturated carbocycles. The number of rotatable bonds is 1. The molecule has 0 saturated heterocycles. The molecule has 0 unspecified atom stereocenters. The number of alkyl halides is 2. The molecule has 4 nitrogen and oxygen atoms in total. The molecule has 1 aromatic heterocycles. The highest BCUT2D eigenvalue weighted by molar-refractivity contribution is 9.11. The first kappa shape index (κ1) is 11.9. The largest absolute Gasteiger partial charge is 0.586 e. The zero-order valence-corrected chi connectivity index (χ0v) is 11.7. The van der Waals surface area contributed by atoms with Crippen molar-refractivity contribution < 1.29 is 18.3 Å². The molecule has 0 bridgehead atoms. The summed E-state index contributed by atoms with van der Waals surface area (Å²) in [5.41, 5.74) is 0.577. The molecule has 0 N–H and O–H groups in total. The molecule has 18 heavy (non-hydrogen) atoms. The summed E-state index contributed by atoms with van der Waals surface area (Å²) in [5.74, 6) is -0.0119. The molecule has 0 radical (unpaired) electrons. The zero-order chi connectivity index (χ0) is 12.9. The fourth-order valence-electron chi connectivity index (χ4n) is 1.58. The van der Waals surface area contributed by atoms with Crippen LogP contribution >= 0.6 is 31.9 Å². The maximum atomic E-state index is 12.9. The van der Waals surface area contributed by atoms with E-state index >= 15 is 0 Å². The summed E-state index contributed by atoms with van der Waals surface area (Å²) >= 11 is 6.53. The van der Waals surface area contributed by atoms with Gasteiger partial charge < -0.3 is 9.47 Å². The van der Waals surface area contributed by atoms with E-state index in [1.165, 1.54) is 16.8 Å². The van der Waals surface area contributed by atoms with E-state index in [0.717, 1.165) is 0 Å². The highest BCUT2D eigenvalue weighted by Crippen LogP contribution is 2.42. The molecular weight excluding hydrogens is 378 g/mol. The van der Waals surface area contributed by atoms with Gasteiger partial charge in [0, 0.05) is 12.1 Å². The van der Waals surface area contributed by atoms with Gasteiger partial charge in [-0.25, -0.2) is 4.68 Å². The first-order valence-corrected chi connectivity index (χ1v) is 6.34. The second-order valence-corrected chi connectivity index (χ2v) is 5.13. The predicted molar refractivity (Wildman–Crippen MR) is 65.2 cm³/mol. The van der Waals surface area contributed by atoms with Crippen molar-refractivity contribution in [1.29, 1.82) is 0 Å². The number of fused-ring (bicyclic) bond motifs is 1. The Balaban J connectivity index is 2.05. The van der Waals surface area contributed by atoms with Crippen molar-refractivity contribution in [3.8, 4) is 17.2 Å². The average molecular weight is 382 g/mol. The first-order valence-electron chi connectivity index (χ1n) is 4.76. The van der Waals surface area contributed by atoms with Gasteiger partial charge in [0.1, 0.15) is 9.21 Å². The number of nitrogens with zero attached hydrogens (tertiary/aromatic N) is 2. The Bertz CT molecular complexity index is 630. The number of hydrogen-bond donors (Lipinski definition) is 0. The van der Waals surface area contributed by atoms with Gasteiger partial charge in [0.2, 0.25) is 0 Å². The van der Waals surface area contributed by atoms with E-state index in [2.05, 4.69) is 46.4 Å². The number of ether oxygens (including phenoxy) is 2. The van der Waals surface area contributed by atoms with Crippen molar-refractivity contribution in [2.24, 2.45) is 0 Å². The summed E-state index contributed by atoms with van der Waals surface area (Å²) in [6.07, 6.45) is -3.61. The third kappa shape index (κ3) is 1.99. The van der Waals surface area contributed by atoms with Crippen molar-refractivity contribution >= 4 is 31.9 Å². The monoisotopic (exact) mass is 380 g/mol. The fraction of sp³-hybridized carbons (Fsp3) is 0.100. The van der Waals surface area contributed by atoms with Crippen LogP contribution in [0.25, 0.3) is 5.69 Å². The van der Waals surface area contributed by atoms with Crippen LogP contribution in [0.5, 0.6) is 11.5 Å². The SMILES string of the molecule is FC1(F)Oc2ccc(-n3nc(Br)cc3Br)cc2O1. The van der Waals surface area contributed by atoms with E-state index in [1.807, 2.05) is 0 Å². The quantitative estimate of drug-likeness (QED) is 0.755. The van der Waals surface area contributed by atoms with Gasteiger partial charge in [0.05, 0.1) is 5.69 Å². The molecule has 0 amide bonds. The van der Waals surface area contributed by atoms with E-state index in [-0.39, 0.29) is 11.5 Å². The molecule has 1 aliphatic heterocycles. The van der Waals surface area contributed by atoms with Gasteiger partial charge in [-0.05, 0) is 44.0 Å². The van der Waals surface area contributed by atoms with E-state index < -0.39 is 6.29 Å². The Hall–Kier alpha value is -1.15. The van der Waals surface area contributed by atoms with E-state index in [9.17, 15) is 8.78 Å². The minimum Gasteiger partial charge on any atom is -0.395 e. The van der Waals surface area contributed by atoms with Crippen molar-refractivity contribution in [1.82, 2.24) is 9.78 Å². The summed E-state index contributed by atoms with van der Waals surface area (Å²) in [6, 6.07) is 6.18. The van der Waals surface area contributed by atoms with Crippen LogP contribution in [0.4, 0.5) is 8.78 Å². The molecule has 2 aromatic rings. The van der Waals surface area contributed by atoms with Crippen LogP contribution in [-0.4, -0.2) is 16.1 Å². The second kappa shape index (κ2) is 3.92. The Labute approximate surface area is 117 Å². The standard InChI is InChI=1S/C10H4Br2F2N2O2/c11-8-4-9(12)16(15-8)5-1-2-6-7(3-5)18-10(13,14)17-6/h1-4H. The van der Waals surface area contributed by atoms with Crippen molar-refractivity contribution in [2.75, 3.05) is 0 Å². The van der Waals surface area contributed by atoms with Crippen LogP contribution in [0, 0.1) is 0 Å². The average Bonchev–Trinajstić information content (AvgIpc) is 2.74. The van der Waals surface area contributed by atoms with Gasteiger partial charge in [-0.15, -0.1) is 8.78 Å². The Morgan fingerprint density at radius 2 is 1.83 bits per heavy atom. The molecule has 0 fully saturated rings. The fourth-order valence-corrected chi connectivity index (χ4v) is 2.77. The summed E-state index contributed by atoms with van der Waals surface area (Å²) in [7, 11) is 0. The normalized spacial score (nSPS) is 16.0. The topological polar surface area (TPSA) is 36.3 Å². The Kier molecular flexibility index (Phi) is 2.60. The Morgan fingerprint density at radius 3 is 2.50 bits per heavy atom. The minimum atomic E-state index is -3.61. The van der Waals surface area contributed by atoms with Gasteiger partial charge in [-0.3, -0.25) is 0 Å². The summed E-state index contributed by atoms with van der Waals surface area (Å²) < 4.78 is 37.3. The maximum Gasteiger partial charge on any atom is 0.586 e. The highest BCUT2D eigenvalue weighted by Gasteiger charge is 2.43. The van der Waals surface area contributed by atoms with Gasteiger partial charge in [0.25, 0.3) is 0 Å². The van der Waals surface area contributed by atoms with Gasteiger partial charge >= 0.3 is 6.29 Å². The van der Waals surface area contributed by atoms with Crippen LogP contribution in [0.1, 0.15) is 0 Å². The molecule has 2 heterocycles. The lowest BCUT2D eigenvalue weighted by atomic mass is 10.3. The number of halogens is 4. The lowest BCUT2D eigenvalue weighted by molar-refractivity contribution is -0.286. The molecule has 8 heteroatoms. The maximum absolute atomic E-state index is 12.9. The smallest absolute Gasteiger partial charge is 0.395 e. The number of hydrogen-bond acceptors (Lipinski definition) is 3. The molecule has 0 spiro atoms.